The van der Waals surface area contributed by atoms with Gasteiger partial charge in [0.2, 0.25) is 0 Å². The maximum absolute atomic E-state index is 8.02. The molecule has 1 fully saturated rings. The summed E-state index contributed by atoms with van der Waals surface area (Å²) in [6.07, 6.45) is 1.27. The van der Waals surface area contributed by atoms with Gasteiger partial charge in [0.1, 0.15) is 0 Å². The largest absolute Gasteiger partial charge is 0.514 e. The molecule has 90 valence electrons. The molecule has 0 aliphatic carbocycles. The maximum Gasteiger partial charge on any atom is 0.514 e. The molecule has 4 heteroatoms. The van der Waals surface area contributed by atoms with E-state index in [0.717, 1.165) is 0 Å². The lowest BCUT2D eigenvalue weighted by Gasteiger charge is -2.32. The molecule has 0 radical (unpaired) electrons. The van der Waals surface area contributed by atoms with E-state index in [-0.39, 0.29) is 29.4 Å². The van der Waals surface area contributed by atoms with Crippen molar-refractivity contribution < 1.29 is 13.4 Å². The number of pyridine rings is 1. The minimum atomic E-state index is -0.834. The number of nitrogens with zero attached hydrogens (tertiary/aromatic N) is 1. The van der Waals surface area contributed by atoms with E-state index < -0.39 is 18.3 Å². The topological polar surface area (TPSA) is 31.4 Å². The Morgan fingerprint density at radius 3 is 2.41 bits per heavy atom. The Hall–Kier alpha value is -1.13. The summed E-state index contributed by atoms with van der Waals surface area (Å²) in [5, 5.41) is 0. The maximum atomic E-state index is 8.02. The van der Waals surface area contributed by atoms with Crippen molar-refractivity contribution in [1.29, 1.82) is 0 Å². The van der Waals surface area contributed by atoms with Gasteiger partial charge in [0, 0.05) is 6.17 Å². The first-order valence-electron chi connectivity index (χ1n) is 7.06. The molecule has 0 aromatic carbocycles. The fraction of sp³-hybridized carbons (Fsp3) is 0.462. The van der Waals surface area contributed by atoms with Gasteiger partial charge in [-0.25, -0.2) is 0 Å². The molecule has 0 amide bonds. The predicted molar refractivity (Wildman–Crippen MR) is 70.0 cm³/mol. The van der Waals surface area contributed by atoms with Crippen molar-refractivity contribution in [2.24, 2.45) is 0 Å². The first-order valence-corrected chi connectivity index (χ1v) is 5.56. The molecular formula is C13H18BNO2. The van der Waals surface area contributed by atoms with Crippen molar-refractivity contribution in [2.75, 3.05) is 0 Å². The fourth-order valence-corrected chi connectivity index (χ4v) is 1.47. The van der Waals surface area contributed by atoms with Crippen LogP contribution in [0.25, 0.3) is 6.08 Å². The molecule has 0 bridgehead atoms. The van der Waals surface area contributed by atoms with Gasteiger partial charge in [-0.1, -0.05) is 18.7 Å². The highest BCUT2D eigenvalue weighted by Crippen LogP contribution is 2.36. The smallest absolute Gasteiger partial charge is 0.398 e. The second-order valence-corrected chi connectivity index (χ2v) is 5.06. The lowest BCUT2D eigenvalue weighted by atomic mass is 9.84. The summed E-state index contributed by atoms with van der Waals surface area (Å²) in [5.41, 5.74) is -0.680. The number of hydrogen-bond donors (Lipinski definition) is 0. The van der Waals surface area contributed by atoms with Gasteiger partial charge in [-0.3, -0.25) is 4.98 Å². The van der Waals surface area contributed by atoms with Gasteiger partial charge in [-0.15, -0.1) is 0 Å². The van der Waals surface area contributed by atoms with Crippen LogP contribution < -0.4 is 5.59 Å². The van der Waals surface area contributed by atoms with E-state index >= 15 is 0 Å². The first kappa shape index (κ1) is 8.89. The third-order valence-corrected chi connectivity index (χ3v) is 3.30. The van der Waals surface area contributed by atoms with Crippen LogP contribution in [0.5, 0.6) is 0 Å². The molecule has 1 aliphatic rings. The summed E-state index contributed by atoms with van der Waals surface area (Å²) in [6, 6.07) is -0.167. The Kier molecular flexibility index (Phi) is 2.07. The van der Waals surface area contributed by atoms with Crippen LogP contribution >= 0.6 is 0 Å². The summed E-state index contributed by atoms with van der Waals surface area (Å²) >= 11 is 0. The molecular weight excluding hydrogens is 213 g/mol. The summed E-state index contributed by atoms with van der Waals surface area (Å²) < 4.78 is 35.4. The van der Waals surface area contributed by atoms with Crippen LogP contribution in [0.15, 0.2) is 24.8 Å². The van der Waals surface area contributed by atoms with Crippen molar-refractivity contribution in [3.05, 3.63) is 30.4 Å². The van der Waals surface area contributed by atoms with E-state index in [1.54, 1.807) is 0 Å². The summed E-state index contributed by atoms with van der Waals surface area (Å²) in [6.45, 7) is 11.1. The quantitative estimate of drug-likeness (QED) is 0.733. The van der Waals surface area contributed by atoms with Crippen molar-refractivity contribution in [3.8, 4) is 0 Å². The Morgan fingerprint density at radius 1 is 1.29 bits per heavy atom. The molecule has 17 heavy (non-hydrogen) atoms. The van der Waals surface area contributed by atoms with Crippen molar-refractivity contribution in [2.45, 2.75) is 38.9 Å². The van der Waals surface area contributed by atoms with E-state index in [0.29, 0.717) is 0 Å². The van der Waals surface area contributed by atoms with Gasteiger partial charge in [0.15, 0.2) is 0 Å². The highest BCUT2D eigenvalue weighted by Gasteiger charge is 2.52. The van der Waals surface area contributed by atoms with Crippen LogP contribution in [0.3, 0.4) is 0 Å². The molecule has 3 nitrogen and oxygen atoms in total. The molecule has 2 heterocycles. The Bertz CT molecular complexity index is 559. The van der Waals surface area contributed by atoms with E-state index in [4.69, 9.17) is 13.4 Å². The first-order chi connectivity index (χ1) is 9.10. The van der Waals surface area contributed by atoms with Gasteiger partial charge in [-0.2, -0.15) is 0 Å². The predicted octanol–water partition coefficient (Wildman–Crippen LogP) is 2.02. The molecule has 0 spiro atoms. The number of aromatic nitrogens is 1. The monoisotopic (exact) mass is 234 g/mol. The van der Waals surface area contributed by atoms with Crippen LogP contribution in [0.1, 0.15) is 37.4 Å². The molecule has 0 unspecified atom stereocenters. The normalized spacial score (nSPS) is 24.0. The van der Waals surface area contributed by atoms with Crippen LogP contribution in [0, 0.1) is 0 Å². The van der Waals surface area contributed by atoms with Crippen LogP contribution in [0.4, 0.5) is 0 Å². The van der Waals surface area contributed by atoms with E-state index in [1.165, 1.54) is 6.08 Å². The molecule has 0 N–H and O–H groups in total. The van der Waals surface area contributed by atoms with Crippen molar-refractivity contribution in [3.63, 3.8) is 0 Å². The van der Waals surface area contributed by atoms with E-state index in [2.05, 4.69) is 11.6 Å². The molecule has 0 atom stereocenters. The zero-order valence-corrected chi connectivity index (χ0v) is 10.6. The van der Waals surface area contributed by atoms with Crippen molar-refractivity contribution in [1.82, 2.24) is 4.98 Å². The lowest BCUT2D eigenvalue weighted by Crippen LogP contribution is -2.41. The van der Waals surface area contributed by atoms with Crippen molar-refractivity contribution >= 4 is 18.8 Å². The highest BCUT2D eigenvalue weighted by atomic mass is 16.7. The minimum absolute atomic E-state index is 0.0790. The number of hydrogen-bond acceptors (Lipinski definition) is 3. The molecule has 1 saturated heterocycles. The van der Waals surface area contributed by atoms with Crippen LogP contribution in [-0.2, 0) is 9.31 Å². The van der Waals surface area contributed by atoms with E-state index in [1.807, 2.05) is 27.7 Å². The molecule has 0 saturated carbocycles. The molecule has 2 rings (SSSR count). The zero-order valence-electron chi connectivity index (χ0n) is 13.6. The fourth-order valence-electron chi connectivity index (χ4n) is 1.47. The average Bonchev–Trinajstić information content (AvgIpc) is 2.54. The molecule has 1 aromatic heterocycles. The second-order valence-electron chi connectivity index (χ2n) is 5.06. The van der Waals surface area contributed by atoms with Gasteiger partial charge >= 0.3 is 7.12 Å². The summed E-state index contributed by atoms with van der Waals surface area (Å²) in [7, 11) is -0.834. The average molecular weight is 234 g/mol. The standard InChI is InChI=1S/C13H18BNO2/c1-6-10-7-8-11(15-9-10)14-16-12(2,3)13(4,5)17-14/h6-9H,1H2,2-5H3/i7D,8D,9D. The summed E-state index contributed by atoms with van der Waals surface area (Å²) in [5.74, 6) is 0. The third-order valence-electron chi connectivity index (χ3n) is 3.30. The van der Waals surface area contributed by atoms with E-state index in [9.17, 15) is 0 Å². The Balaban J connectivity index is 2.49. The SMILES string of the molecule is [2H]c1nc(B2OC(C)(C)C(C)(C)O2)c([2H])c([2H])c1C=C. The van der Waals surface area contributed by atoms with Gasteiger partial charge in [0.25, 0.3) is 0 Å². The highest BCUT2D eigenvalue weighted by molar-refractivity contribution is 6.61. The van der Waals surface area contributed by atoms with Gasteiger partial charge < -0.3 is 9.31 Å². The number of rotatable bonds is 2. The Morgan fingerprint density at radius 2 is 1.88 bits per heavy atom. The van der Waals surface area contributed by atoms with Gasteiger partial charge in [0.05, 0.1) is 20.9 Å². The zero-order chi connectivity index (χ0) is 15.3. The van der Waals surface area contributed by atoms with Crippen LogP contribution in [-0.4, -0.2) is 23.3 Å². The van der Waals surface area contributed by atoms with Crippen LogP contribution in [0.2, 0.25) is 0 Å². The minimum Gasteiger partial charge on any atom is -0.398 e. The molecule has 1 aliphatic heterocycles. The molecule has 1 aromatic rings. The second kappa shape index (κ2) is 3.96. The Labute approximate surface area is 107 Å². The lowest BCUT2D eigenvalue weighted by molar-refractivity contribution is 0.00578. The summed E-state index contributed by atoms with van der Waals surface area (Å²) in [4.78, 5) is 4.06. The van der Waals surface area contributed by atoms with Gasteiger partial charge in [-0.05, 0) is 39.3 Å². The third kappa shape index (κ3) is 2.15.